The highest BCUT2D eigenvalue weighted by Gasteiger charge is 2.17. The monoisotopic (exact) mass is 364 g/mol. The van der Waals surface area contributed by atoms with Crippen molar-refractivity contribution < 1.29 is 4.42 Å². The van der Waals surface area contributed by atoms with Gasteiger partial charge in [0.1, 0.15) is 11.3 Å². The molecule has 0 bridgehead atoms. The van der Waals surface area contributed by atoms with Gasteiger partial charge in [0, 0.05) is 40.9 Å². The Morgan fingerprint density at radius 2 is 1.71 bits per heavy atom. The van der Waals surface area contributed by atoms with Crippen LogP contribution in [0.5, 0.6) is 0 Å². The lowest BCUT2D eigenvalue weighted by molar-refractivity contribution is 0.619. The van der Waals surface area contributed by atoms with Crippen molar-refractivity contribution in [3.63, 3.8) is 0 Å². The predicted octanol–water partition coefficient (Wildman–Crippen LogP) is 5.86. The summed E-state index contributed by atoms with van der Waals surface area (Å²) in [5.74, 6) is 0.816. The van der Waals surface area contributed by atoms with Gasteiger partial charge in [0.15, 0.2) is 0 Å². The van der Waals surface area contributed by atoms with Gasteiger partial charge in [-0.2, -0.15) is 0 Å². The second kappa shape index (κ2) is 6.54. The fraction of sp³-hybridized carbons (Fsp3) is 0.0800. The second-order valence-corrected chi connectivity index (χ2v) is 6.95. The molecule has 0 spiro atoms. The second-order valence-electron chi connectivity index (χ2n) is 6.95. The molecule has 28 heavy (non-hydrogen) atoms. The zero-order chi connectivity index (χ0) is 19.1. The first-order valence-electron chi connectivity index (χ1n) is 9.49. The maximum Gasteiger partial charge on any atom is 0.137 e. The fourth-order valence-electron chi connectivity index (χ4n) is 3.83. The van der Waals surface area contributed by atoms with Gasteiger partial charge in [-0.15, -0.1) is 0 Å². The minimum Gasteiger partial charge on any atom is -0.456 e. The predicted molar refractivity (Wildman–Crippen MR) is 116 cm³/mol. The van der Waals surface area contributed by atoms with E-state index in [4.69, 9.17) is 10.2 Å². The van der Waals surface area contributed by atoms with Gasteiger partial charge >= 0.3 is 0 Å². The van der Waals surface area contributed by atoms with Crippen molar-refractivity contribution in [2.75, 3.05) is 12.3 Å². The maximum absolute atomic E-state index is 6.22. The Balaban J connectivity index is 1.89. The summed E-state index contributed by atoms with van der Waals surface area (Å²) in [6, 6.07) is 27.0. The van der Waals surface area contributed by atoms with Crippen LogP contribution in [0.2, 0.25) is 0 Å². The van der Waals surface area contributed by atoms with Crippen LogP contribution < -0.4 is 11.1 Å². The van der Waals surface area contributed by atoms with Gasteiger partial charge in [0.25, 0.3) is 0 Å². The molecule has 1 heterocycles. The molecule has 3 aromatic carbocycles. The molecule has 1 aliphatic carbocycles. The molecule has 0 aromatic heterocycles. The molecule has 5 rings (SSSR count). The molecule has 0 fully saturated rings. The molecular formula is C25H20N2O. The first-order chi connectivity index (χ1) is 13.7. The molecule has 2 aliphatic rings. The van der Waals surface area contributed by atoms with Crippen molar-refractivity contribution in [1.82, 2.24) is 0 Å². The van der Waals surface area contributed by atoms with E-state index in [0.717, 1.165) is 45.3 Å². The summed E-state index contributed by atoms with van der Waals surface area (Å²) >= 11 is 0. The molecule has 1 aliphatic heterocycles. The van der Waals surface area contributed by atoms with Crippen LogP contribution in [0.4, 0.5) is 5.69 Å². The van der Waals surface area contributed by atoms with E-state index in [-0.39, 0.29) is 0 Å². The summed E-state index contributed by atoms with van der Waals surface area (Å²) in [5.41, 5.74) is 10.9. The summed E-state index contributed by atoms with van der Waals surface area (Å²) < 4.78 is 6.22. The standard InChI is InChI=1S/C25H20N2O/c1-2-27-20-10-12-22-24(15-20)28-23-14-19(26)9-11-21(23)25(22)18-8-7-16-5-3-4-6-17(16)13-18/h3-15H,2,26H2,1H3. The van der Waals surface area contributed by atoms with Gasteiger partial charge in [-0.3, -0.25) is 4.99 Å². The highest BCUT2D eigenvalue weighted by molar-refractivity contribution is 6.04. The number of nitrogen functional groups attached to an aromatic ring is 1. The Morgan fingerprint density at radius 3 is 2.57 bits per heavy atom. The normalized spacial score (nSPS) is 12.2. The highest BCUT2D eigenvalue weighted by Crippen LogP contribution is 2.40. The summed E-state index contributed by atoms with van der Waals surface area (Å²) in [6.45, 7) is 2.77. The van der Waals surface area contributed by atoms with Crippen LogP contribution in [-0.2, 0) is 0 Å². The molecule has 0 radical (unpaired) electrons. The topological polar surface area (TPSA) is 51.5 Å². The van der Waals surface area contributed by atoms with Crippen LogP contribution in [0.1, 0.15) is 6.92 Å². The van der Waals surface area contributed by atoms with Gasteiger partial charge in [-0.25, -0.2) is 0 Å². The summed E-state index contributed by atoms with van der Waals surface area (Å²) in [4.78, 5) is 4.51. The van der Waals surface area contributed by atoms with Crippen molar-refractivity contribution in [2.24, 2.45) is 4.99 Å². The van der Waals surface area contributed by atoms with E-state index in [9.17, 15) is 0 Å². The van der Waals surface area contributed by atoms with Crippen molar-refractivity contribution in [3.05, 3.63) is 84.2 Å². The van der Waals surface area contributed by atoms with Crippen LogP contribution >= 0.6 is 0 Å². The van der Waals surface area contributed by atoms with Gasteiger partial charge in [0.2, 0.25) is 0 Å². The molecule has 0 saturated carbocycles. The van der Waals surface area contributed by atoms with Gasteiger partial charge in [-0.1, -0.05) is 36.4 Å². The van der Waals surface area contributed by atoms with E-state index in [0.29, 0.717) is 5.69 Å². The molecule has 0 atom stereocenters. The lowest BCUT2D eigenvalue weighted by Crippen LogP contribution is -2.03. The van der Waals surface area contributed by atoms with E-state index in [2.05, 4.69) is 59.6 Å². The lowest BCUT2D eigenvalue weighted by atomic mass is 9.92. The van der Waals surface area contributed by atoms with E-state index in [1.165, 1.54) is 10.8 Å². The van der Waals surface area contributed by atoms with Crippen LogP contribution in [-0.4, -0.2) is 6.54 Å². The number of hydrogen-bond donors (Lipinski definition) is 1. The quantitative estimate of drug-likeness (QED) is 0.315. The highest BCUT2D eigenvalue weighted by atomic mass is 16.3. The SMILES string of the molecule is CCN=c1ccc2c(-c3ccc4ccccc4c3)c3ccc(N)cc3oc-2c1. The van der Waals surface area contributed by atoms with E-state index in [1.54, 1.807) is 0 Å². The lowest BCUT2D eigenvalue weighted by Gasteiger charge is -2.16. The number of rotatable bonds is 2. The Labute approximate surface area is 163 Å². The maximum atomic E-state index is 6.22. The van der Waals surface area contributed by atoms with Crippen molar-refractivity contribution in [3.8, 4) is 22.5 Å². The minimum absolute atomic E-state index is 0.689. The molecule has 0 unspecified atom stereocenters. The number of hydrogen-bond acceptors (Lipinski definition) is 3. The van der Waals surface area contributed by atoms with E-state index >= 15 is 0 Å². The molecule has 3 heteroatoms. The van der Waals surface area contributed by atoms with Crippen LogP contribution in [0.3, 0.4) is 0 Å². The van der Waals surface area contributed by atoms with Gasteiger partial charge in [-0.05, 0) is 53.6 Å². The molecule has 3 aromatic rings. The molecule has 0 amide bonds. The summed E-state index contributed by atoms with van der Waals surface area (Å²) in [5, 5.41) is 4.42. The van der Waals surface area contributed by atoms with Crippen LogP contribution in [0.15, 0.2) is 88.3 Å². The van der Waals surface area contributed by atoms with E-state index in [1.807, 2.05) is 31.2 Å². The average Bonchev–Trinajstić information content (AvgIpc) is 2.71. The smallest absolute Gasteiger partial charge is 0.137 e. The van der Waals surface area contributed by atoms with E-state index < -0.39 is 0 Å². The molecule has 0 saturated heterocycles. The largest absolute Gasteiger partial charge is 0.456 e. The third-order valence-electron chi connectivity index (χ3n) is 5.11. The first kappa shape index (κ1) is 16.6. The van der Waals surface area contributed by atoms with Crippen LogP contribution in [0.25, 0.3) is 44.2 Å². The zero-order valence-electron chi connectivity index (χ0n) is 15.6. The number of anilines is 1. The molecule has 2 N–H and O–H groups in total. The number of nitrogens with two attached hydrogens (primary N) is 1. The van der Waals surface area contributed by atoms with Crippen molar-refractivity contribution in [2.45, 2.75) is 6.92 Å². The first-order valence-corrected chi connectivity index (χ1v) is 9.49. The number of benzene rings is 4. The summed E-state index contributed by atoms with van der Waals surface area (Å²) in [6.07, 6.45) is 0. The Bertz CT molecular complexity index is 1360. The molecular weight excluding hydrogens is 344 g/mol. The third kappa shape index (κ3) is 2.72. The Hall–Kier alpha value is -3.59. The summed E-state index contributed by atoms with van der Waals surface area (Å²) in [7, 11) is 0. The van der Waals surface area contributed by atoms with Crippen molar-refractivity contribution in [1.29, 1.82) is 0 Å². The molecule has 136 valence electrons. The van der Waals surface area contributed by atoms with Gasteiger partial charge in [0.05, 0.1) is 5.36 Å². The molecule has 3 nitrogen and oxygen atoms in total. The fourth-order valence-corrected chi connectivity index (χ4v) is 3.83. The van der Waals surface area contributed by atoms with Crippen molar-refractivity contribution >= 4 is 27.4 Å². The average molecular weight is 364 g/mol. The third-order valence-corrected chi connectivity index (χ3v) is 5.11. The number of fused-ring (bicyclic) bond motifs is 3. The van der Waals surface area contributed by atoms with Gasteiger partial charge < -0.3 is 10.2 Å². The Kier molecular flexibility index (Phi) is 3.87. The minimum atomic E-state index is 0.689. The number of nitrogens with zero attached hydrogens (tertiary/aromatic N) is 1. The Morgan fingerprint density at radius 1 is 0.857 bits per heavy atom. The zero-order valence-corrected chi connectivity index (χ0v) is 15.6. The van der Waals surface area contributed by atoms with Crippen LogP contribution in [0, 0.1) is 0 Å².